The lowest BCUT2D eigenvalue weighted by Crippen LogP contribution is -2.28. The Balaban J connectivity index is 1.86. The van der Waals surface area contributed by atoms with E-state index in [2.05, 4.69) is 24.1 Å². The van der Waals surface area contributed by atoms with Gasteiger partial charge in [-0.15, -0.1) is 0 Å². The van der Waals surface area contributed by atoms with Crippen molar-refractivity contribution in [3.8, 4) is 0 Å². The first kappa shape index (κ1) is 17.0. The van der Waals surface area contributed by atoms with Gasteiger partial charge < -0.3 is 5.32 Å². The molecule has 1 saturated carbocycles. The SMILES string of the molecule is CC(C)CCn1c(SCC(=O)NC2CC2)nc2ccccc2c1=O. The molecule has 5 nitrogen and oxygen atoms in total. The fourth-order valence-corrected chi connectivity index (χ4v) is 3.31. The molecule has 0 bridgehead atoms. The number of hydrogen-bond acceptors (Lipinski definition) is 4. The van der Waals surface area contributed by atoms with Crippen LogP contribution in [-0.4, -0.2) is 27.3 Å². The van der Waals surface area contributed by atoms with E-state index in [0.29, 0.717) is 40.3 Å². The number of fused-ring (bicyclic) bond motifs is 1. The molecule has 0 atom stereocenters. The molecule has 0 radical (unpaired) electrons. The zero-order valence-corrected chi connectivity index (χ0v) is 14.9. The van der Waals surface area contributed by atoms with Gasteiger partial charge in [-0.25, -0.2) is 4.98 Å². The molecule has 1 aromatic carbocycles. The number of hydrogen-bond donors (Lipinski definition) is 1. The molecule has 1 N–H and O–H groups in total. The van der Waals surface area contributed by atoms with Gasteiger partial charge in [0.25, 0.3) is 5.56 Å². The summed E-state index contributed by atoms with van der Waals surface area (Å²) in [5.74, 6) is 0.808. The van der Waals surface area contributed by atoms with Crippen molar-refractivity contribution in [1.82, 2.24) is 14.9 Å². The van der Waals surface area contributed by atoms with Crippen LogP contribution in [0.5, 0.6) is 0 Å². The zero-order chi connectivity index (χ0) is 17.1. The molecule has 0 unspecified atom stereocenters. The first-order valence-electron chi connectivity index (χ1n) is 8.46. The minimum Gasteiger partial charge on any atom is -0.353 e. The highest BCUT2D eigenvalue weighted by atomic mass is 32.2. The van der Waals surface area contributed by atoms with Crippen molar-refractivity contribution >= 4 is 28.6 Å². The smallest absolute Gasteiger partial charge is 0.262 e. The number of carbonyl (C=O) groups excluding carboxylic acids is 1. The van der Waals surface area contributed by atoms with Gasteiger partial charge in [-0.3, -0.25) is 14.2 Å². The van der Waals surface area contributed by atoms with E-state index in [-0.39, 0.29) is 11.5 Å². The maximum atomic E-state index is 12.8. The summed E-state index contributed by atoms with van der Waals surface area (Å²) in [7, 11) is 0. The topological polar surface area (TPSA) is 64.0 Å². The van der Waals surface area contributed by atoms with Gasteiger partial charge in [-0.2, -0.15) is 0 Å². The van der Waals surface area contributed by atoms with E-state index in [4.69, 9.17) is 0 Å². The molecule has 1 heterocycles. The van der Waals surface area contributed by atoms with Gasteiger partial charge in [0.1, 0.15) is 0 Å². The summed E-state index contributed by atoms with van der Waals surface area (Å²) in [6.07, 6.45) is 3.05. The first-order chi connectivity index (χ1) is 11.5. The molecule has 1 aliphatic carbocycles. The van der Waals surface area contributed by atoms with E-state index in [1.807, 2.05) is 24.3 Å². The number of thioether (sulfide) groups is 1. The lowest BCUT2D eigenvalue weighted by molar-refractivity contribution is -0.118. The van der Waals surface area contributed by atoms with E-state index in [0.717, 1.165) is 19.3 Å². The van der Waals surface area contributed by atoms with Crippen molar-refractivity contribution in [3.05, 3.63) is 34.6 Å². The summed E-state index contributed by atoms with van der Waals surface area (Å²) in [6.45, 7) is 4.89. The van der Waals surface area contributed by atoms with Crippen molar-refractivity contribution in [3.63, 3.8) is 0 Å². The second-order valence-electron chi connectivity index (χ2n) is 6.68. The molecule has 1 fully saturated rings. The summed E-state index contributed by atoms with van der Waals surface area (Å²) < 4.78 is 1.72. The van der Waals surface area contributed by atoms with Gasteiger partial charge in [0.05, 0.1) is 16.7 Å². The Bertz CT molecular complexity index is 796. The first-order valence-corrected chi connectivity index (χ1v) is 9.45. The number of amides is 1. The monoisotopic (exact) mass is 345 g/mol. The van der Waals surface area contributed by atoms with Crippen LogP contribution in [0, 0.1) is 5.92 Å². The molecule has 1 amide bonds. The predicted octanol–water partition coefficient (Wildman–Crippen LogP) is 2.81. The second kappa shape index (κ2) is 7.38. The van der Waals surface area contributed by atoms with Crippen molar-refractivity contribution in [2.75, 3.05) is 5.75 Å². The van der Waals surface area contributed by atoms with Gasteiger partial charge in [-0.1, -0.05) is 37.7 Å². The maximum absolute atomic E-state index is 12.8. The summed E-state index contributed by atoms with van der Waals surface area (Å²) >= 11 is 1.35. The highest BCUT2D eigenvalue weighted by Gasteiger charge is 2.23. The third-order valence-electron chi connectivity index (χ3n) is 4.03. The van der Waals surface area contributed by atoms with Crippen molar-refractivity contribution in [2.24, 2.45) is 5.92 Å². The standard InChI is InChI=1S/C18H23N3O2S/c1-12(2)9-10-21-17(23)14-5-3-4-6-15(14)20-18(21)24-11-16(22)19-13-7-8-13/h3-6,12-13H,7-11H2,1-2H3,(H,19,22). The van der Waals surface area contributed by atoms with Crippen LogP contribution < -0.4 is 10.9 Å². The van der Waals surface area contributed by atoms with E-state index in [1.54, 1.807) is 4.57 Å². The van der Waals surface area contributed by atoms with Crippen molar-refractivity contribution < 1.29 is 4.79 Å². The number of nitrogens with one attached hydrogen (secondary N) is 1. The Labute approximate surface area is 145 Å². The van der Waals surface area contributed by atoms with E-state index in [1.165, 1.54) is 11.8 Å². The lowest BCUT2D eigenvalue weighted by Gasteiger charge is -2.14. The highest BCUT2D eigenvalue weighted by Crippen LogP contribution is 2.21. The highest BCUT2D eigenvalue weighted by molar-refractivity contribution is 7.99. The second-order valence-corrected chi connectivity index (χ2v) is 7.62. The van der Waals surface area contributed by atoms with Gasteiger partial charge in [0, 0.05) is 12.6 Å². The molecule has 6 heteroatoms. The minimum absolute atomic E-state index is 0.0142. The van der Waals surface area contributed by atoms with Crippen LogP contribution in [0.3, 0.4) is 0 Å². The lowest BCUT2D eigenvalue weighted by atomic mass is 10.1. The zero-order valence-electron chi connectivity index (χ0n) is 14.1. The average molecular weight is 345 g/mol. The van der Waals surface area contributed by atoms with Gasteiger partial charge in [0.15, 0.2) is 5.16 Å². The Kier molecular flexibility index (Phi) is 5.23. The predicted molar refractivity (Wildman–Crippen MR) is 97.3 cm³/mol. The Morgan fingerprint density at radius 3 is 2.83 bits per heavy atom. The number of rotatable bonds is 7. The average Bonchev–Trinajstić information content (AvgIpc) is 3.36. The summed E-state index contributed by atoms with van der Waals surface area (Å²) in [5.41, 5.74) is 0.666. The molecule has 128 valence electrons. The normalized spacial score (nSPS) is 14.3. The third-order valence-corrected chi connectivity index (χ3v) is 5.01. The molecule has 0 saturated heterocycles. The molecular formula is C18H23N3O2S. The minimum atomic E-state index is -0.0219. The Morgan fingerprint density at radius 2 is 2.12 bits per heavy atom. The van der Waals surface area contributed by atoms with Crippen LogP contribution in [0.4, 0.5) is 0 Å². The third kappa shape index (κ3) is 4.17. The largest absolute Gasteiger partial charge is 0.353 e. The van der Waals surface area contributed by atoms with Crippen molar-refractivity contribution in [1.29, 1.82) is 0 Å². The molecule has 0 aliphatic heterocycles. The molecule has 24 heavy (non-hydrogen) atoms. The number of para-hydroxylation sites is 1. The molecule has 2 aromatic rings. The van der Waals surface area contributed by atoms with E-state index < -0.39 is 0 Å². The van der Waals surface area contributed by atoms with Gasteiger partial charge in [-0.05, 0) is 37.3 Å². The fourth-order valence-electron chi connectivity index (χ4n) is 2.47. The molecule has 3 rings (SSSR count). The van der Waals surface area contributed by atoms with Crippen LogP contribution >= 0.6 is 11.8 Å². The van der Waals surface area contributed by atoms with Gasteiger partial charge in [0.2, 0.25) is 5.91 Å². The summed E-state index contributed by atoms with van der Waals surface area (Å²) in [5, 5.41) is 4.23. The van der Waals surface area contributed by atoms with Gasteiger partial charge >= 0.3 is 0 Å². The van der Waals surface area contributed by atoms with E-state index >= 15 is 0 Å². The van der Waals surface area contributed by atoms with Crippen LogP contribution in [0.2, 0.25) is 0 Å². The van der Waals surface area contributed by atoms with Crippen LogP contribution in [0.25, 0.3) is 10.9 Å². The number of nitrogens with zero attached hydrogens (tertiary/aromatic N) is 2. The quantitative estimate of drug-likeness (QED) is 0.619. The van der Waals surface area contributed by atoms with Crippen LogP contribution in [0.1, 0.15) is 33.1 Å². The summed E-state index contributed by atoms with van der Waals surface area (Å²) in [4.78, 5) is 29.4. The molecule has 1 aliphatic rings. The van der Waals surface area contributed by atoms with Crippen LogP contribution in [0.15, 0.2) is 34.2 Å². The Morgan fingerprint density at radius 1 is 1.38 bits per heavy atom. The summed E-state index contributed by atoms with van der Waals surface area (Å²) in [6, 6.07) is 7.74. The Hall–Kier alpha value is -1.82. The number of benzene rings is 1. The maximum Gasteiger partial charge on any atom is 0.262 e. The molecular weight excluding hydrogens is 322 g/mol. The molecule has 1 aromatic heterocycles. The number of aromatic nitrogens is 2. The fraction of sp³-hybridized carbons (Fsp3) is 0.500. The van der Waals surface area contributed by atoms with Crippen molar-refractivity contribution in [2.45, 2.75) is 50.9 Å². The number of carbonyl (C=O) groups is 1. The van der Waals surface area contributed by atoms with E-state index in [9.17, 15) is 9.59 Å². The molecule has 0 spiro atoms. The van der Waals surface area contributed by atoms with Crippen LogP contribution in [-0.2, 0) is 11.3 Å².